The first-order valence-corrected chi connectivity index (χ1v) is 11.8. The number of unbranched alkanes of at least 4 members (excludes halogenated alkanes) is 2. The van der Waals surface area contributed by atoms with Gasteiger partial charge in [0.2, 0.25) is 0 Å². The van der Waals surface area contributed by atoms with Crippen molar-refractivity contribution in [2.24, 2.45) is 5.92 Å². The highest BCUT2D eigenvalue weighted by atomic mass is 16.6. The van der Waals surface area contributed by atoms with E-state index in [-0.39, 0.29) is 18.6 Å². The van der Waals surface area contributed by atoms with Crippen molar-refractivity contribution in [2.75, 3.05) is 13.7 Å². The molecule has 2 unspecified atom stereocenters. The highest BCUT2D eigenvalue weighted by Crippen LogP contribution is 2.44. The molecule has 0 bridgehead atoms. The molecule has 2 aromatic carbocycles. The molecule has 172 valence electrons. The van der Waals surface area contributed by atoms with Crippen molar-refractivity contribution in [3.05, 3.63) is 59.7 Å². The number of rotatable bonds is 11. The van der Waals surface area contributed by atoms with Gasteiger partial charge in [-0.25, -0.2) is 4.79 Å². The highest BCUT2D eigenvalue weighted by Gasteiger charge is 2.34. The van der Waals surface area contributed by atoms with Crippen LogP contribution in [0.4, 0.5) is 4.79 Å². The molecule has 0 radical (unpaired) electrons. The number of benzene rings is 2. The Morgan fingerprint density at radius 2 is 1.47 bits per heavy atom. The highest BCUT2D eigenvalue weighted by molar-refractivity contribution is 5.79. The second-order valence-corrected chi connectivity index (χ2v) is 8.71. The van der Waals surface area contributed by atoms with Crippen molar-refractivity contribution in [1.29, 1.82) is 0 Å². The first kappa shape index (κ1) is 23.8. The second kappa shape index (κ2) is 11.2. The van der Waals surface area contributed by atoms with Gasteiger partial charge in [0.25, 0.3) is 0 Å². The molecule has 1 aliphatic rings. The van der Waals surface area contributed by atoms with Crippen LogP contribution >= 0.6 is 0 Å². The summed E-state index contributed by atoms with van der Waals surface area (Å²) >= 11 is 0. The van der Waals surface area contributed by atoms with Gasteiger partial charge in [-0.3, -0.25) is 4.79 Å². The summed E-state index contributed by atoms with van der Waals surface area (Å²) in [5.74, 6) is -1.42. The van der Waals surface area contributed by atoms with E-state index < -0.39 is 18.0 Å². The van der Waals surface area contributed by atoms with Gasteiger partial charge in [-0.1, -0.05) is 88.1 Å². The molecule has 0 heterocycles. The van der Waals surface area contributed by atoms with E-state index in [4.69, 9.17) is 4.74 Å². The number of hydrogen-bond donors (Lipinski definition) is 1. The van der Waals surface area contributed by atoms with Crippen LogP contribution in [0.5, 0.6) is 0 Å². The van der Waals surface area contributed by atoms with Crippen molar-refractivity contribution in [1.82, 2.24) is 4.90 Å². The molecule has 32 heavy (non-hydrogen) atoms. The van der Waals surface area contributed by atoms with Crippen LogP contribution < -0.4 is 0 Å². The second-order valence-electron chi connectivity index (χ2n) is 8.71. The summed E-state index contributed by atoms with van der Waals surface area (Å²) in [7, 11) is 1.68. The number of nitrogens with zero attached hydrogens (tertiary/aromatic N) is 1. The number of aliphatic carboxylic acids is 1. The van der Waals surface area contributed by atoms with Crippen molar-refractivity contribution >= 4 is 12.1 Å². The maximum Gasteiger partial charge on any atom is 0.409 e. The summed E-state index contributed by atoms with van der Waals surface area (Å²) in [5, 5.41) is 9.84. The number of hydrogen-bond acceptors (Lipinski definition) is 3. The average molecular weight is 438 g/mol. The lowest BCUT2D eigenvalue weighted by Crippen LogP contribution is -2.45. The molecule has 0 aromatic heterocycles. The topological polar surface area (TPSA) is 66.8 Å². The molecule has 2 atom stereocenters. The Bertz CT molecular complexity index is 880. The lowest BCUT2D eigenvalue weighted by molar-refractivity contribution is -0.144. The lowest BCUT2D eigenvalue weighted by Gasteiger charge is -2.32. The molecule has 0 saturated carbocycles. The van der Waals surface area contributed by atoms with E-state index in [1.807, 2.05) is 24.3 Å². The molecule has 0 fully saturated rings. The van der Waals surface area contributed by atoms with Gasteiger partial charge in [-0.05, 0) is 35.1 Å². The molecule has 0 aliphatic heterocycles. The van der Waals surface area contributed by atoms with Gasteiger partial charge in [0.05, 0.1) is 5.92 Å². The van der Waals surface area contributed by atoms with E-state index in [9.17, 15) is 14.7 Å². The molecule has 1 aliphatic carbocycles. The fourth-order valence-corrected chi connectivity index (χ4v) is 4.81. The summed E-state index contributed by atoms with van der Waals surface area (Å²) in [4.78, 5) is 26.6. The summed E-state index contributed by atoms with van der Waals surface area (Å²) in [5.41, 5.74) is 4.70. The van der Waals surface area contributed by atoms with E-state index in [1.54, 1.807) is 7.05 Å². The summed E-state index contributed by atoms with van der Waals surface area (Å²) in [6, 6.07) is 16.1. The van der Waals surface area contributed by atoms with Crippen molar-refractivity contribution < 1.29 is 19.4 Å². The number of ether oxygens (including phenoxy) is 1. The van der Waals surface area contributed by atoms with Crippen molar-refractivity contribution in [3.63, 3.8) is 0 Å². The number of carboxylic acids is 1. The Morgan fingerprint density at radius 1 is 0.938 bits per heavy atom. The average Bonchev–Trinajstić information content (AvgIpc) is 3.12. The molecule has 1 amide bonds. The van der Waals surface area contributed by atoms with Crippen LogP contribution in [0.3, 0.4) is 0 Å². The molecule has 1 N–H and O–H groups in total. The monoisotopic (exact) mass is 437 g/mol. The maximum absolute atomic E-state index is 13.0. The number of amides is 1. The summed E-state index contributed by atoms with van der Waals surface area (Å²) in [6.45, 7) is 4.37. The van der Waals surface area contributed by atoms with Crippen LogP contribution in [0, 0.1) is 5.92 Å². The molecular formula is C27H35NO4. The van der Waals surface area contributed by atoms with Crippen molar-refractivity contribution in [2.45, 2.75) is 64.3 Å². The third-order valence-corrected chi connectivity index (χ3v) is 6.63. The van der Waals surface area contributed by atoms with Gasteiger partial charge in [-0.15, -0.1) is 0 Å². The van der Waals surface area contributed by atoms with Gasteiger partial charge < -0.3 is 14.7 Å². The van der Waals surface area contributed by atoms with E-state index in [0.29, 0.717) is 12.8 Å². The van der Waals surface area contributed by atoms with Crippen LogP contribution in [-0.2, 0) is 9.53 Å². The Hall–Kier alpha value is -2.82. The zero-order valence-corrected chi connectivity index (χ0v) is 19.4. The fourth-order valence-electron chi connectivity index (χ4n) is 4.81. The largest absolute Gasteiger partial charge is 0.481 e. The van der Waals surface area contributed by atoms with Crippen LogP contribution in [0.1, 0.15) is 69.4 Å². The molecular weight excluding hydrogens is 402 g/mol. The van der Waals surface area contributed by atoms with Crippen molar-refractivity contribution in [3.8, 4) is 11.1 Å². The minimum absolute atomic E-state index is 0.01000. The SMILES string of the molecule is CCCCC(C(=O)O)C(CCCC)N(C)C(=O)OCC1c2ccccc2-c2ccccc21. The van der Waals surface area contributed by atoms with Gasteiger partial charge in [0.1, 0.15) is 6.61 Å². The van der Waals surface area contributed by atoms with Crippen LogP contribution in [0.2, 0.25) is 0 Å². The number of carbonyl (C=O) groups excluding carboxylic acids is 1. The minimum atomic E-state index is -0.835. The van der Waals surface area contributed by atoms with Crippen LogP contribution in [-0.4, -0.2) is 41.8 Å². The molecule has 0 spiro atoms. The maximum atomic E-state index is 13.0. The zero-order chi connectivity index (χ0) is 23.1. The van der Waals surface area contributed by atoms with Gasteiger partial charge >= 0.3 is 12.1 Å². The summed E-state index contributed by atoms with van der Waals surface area (Å²) in [6.07, 6.45) is 4.38. The van der Waals surface area contributed by atoms with Gasteiger partial charge in [0, 0.05) is 19.0 Å². The molecule has 5 nitrogen and oxygen atoms in total. The zero-order valence-electron chi connectivity index (χ0n) is 19.4. The minimum Gasteiger partial charge on any atom is -0.481 e. The summed E-state index contributed by atoms with van der Waals surface area (Å²) < 4.78 is 5.79. The van der Waals surface area contributed by atoms with Gasteiger partial charge in [-0.2, -0.15) is 0 Å². The fraction of sp³-hybridized carbons (Fsp3) is 0.481. The third kappa shape index (κ3) is 5.14. The normalized spacial score (nSPS) is 14.3. The van der Waals surface area contributed by atoms with E-state index >= 15 is 0 Å². The van der Waals surface area contributed by atoms with E-state index in [0.717, 1.165) is 36.8 Å². The predicted octanol–water partition coefficient (Wildman–Crippen LogP) is 6.32. The Morgan fingerprint density at radius 3 is 2.00 bits per heavy atom. The lowest BCUT2D eigenvalue weighted by atomic mass is 9.89. The first-order chi connectivity index (χ1) is 15.5. The smallest absolute Gasteiger partial charge is 0.409 e. The molecule has 5 heteroatoms. The Labute approximate surface area is 191 Å². The van der Waals surface area contributed by atoms with E-state index in [1.165, 1.54) is 16.0 Å². The standard InChI is InChI=1S/C27H35NO4/c1-4-6-12-23(26(29)30)25(17-7-5-2)28(3)27(31)32-18-24-21-15-10-8-13-19(21)20-14-9-11-16-22(20)24/h8-11,13-16,23-25H,4-7,12,17-18H2,1-3H3,(H,29,30). The third-order valence-electron chi connectivity index (χ3n) is 6.63. The van der Waals surface area contributed by atoms with E-state index in [2.05, 4.69) is 38.1 Å². The number of carbonyl (C=O) groups is 2. The number of fused-ring (bicyclic) bond motifs is 3. The first-order valence-electron chi connectivity index (χ1n) is 11.8. The Kier molecular flexibility index (Phi) is 8.32. The quantitative estimate of drug-likeness (QED) is 0.447. The predicted molar refractivity (Wildman–Crippen MR) is 127 cm³/mol. The number of carboxylic acid groups (broad SMARTS) is 1. The molecule has 3 rings (SSSR count). The van der Waals surface area contributed by atoms with Crippen LogP contribution in [0.15, 0.2) is 48.5 Å². The molecule has 0 saturated heterocycles. The Balaban J connectivity index is 1.74. The van der Waals surface area contributed by atoms with Crippen LogP contribution in [0.25, 0.3) is 11.1 Å². The van der Waals surface area contributed by atoms with Gasteiger partial charge in [0.15, 0.2) is 0 Å². The molecule has 2 aromatic rings.